The second-order valence-corrected chi connectivity index (χ2v) is 3.00. The van der Waals surface area contributed by atoms with Crippen LogP contribution in [-0.2, 0) is 0 Å². The summed E-state index contributed by atoms with van der Waals surface area (Å²) in [6, 6.07) is 0. The van der Waals surface area contributed by atoms with Gasteiger partial charge in [-0.15, -0.1) is 0 Å². The van der Waals surface area contributed by atoms with Crippen molar-refractivity contribution in [1.29, 1.82) is 0 Å². The summed E-state index contributed by atoms with van der Waals surface area (Å²) >= 11 is 0. The van der Waals surface area contributed by atoms with Gasteiger partial charge in [0, 0.05) is 13.1 Å². The molecular weight excluding hydrogens is 134 g/mol. The normalized spacial score (nSPS) is 49.2. The van der Waals surface area contributed by atoms with Crippen molar-refractivity contribution in [2.45, 2.75) is 24.7 Å². The van der Waals surface area contributed by atoms with E-state index in [9.17, 15) is 5.11 Å². The van der Waals surface area contributed by atoms with Gasteiger partial charge in [0.25, 0.3) is 0 Å². The zero-order valence-electron chi connectivity index (χ0n) is 5.91. The van der Waals surface area contributed by atoms with E-state index in [1.54, 1.807) is 0 Å². The van der Waals surface area contributed by atoms with Gasteiger partial charge < -0.3 is 20.6 Å². The Bertz CT molecular complexity index is 126. The highest BCUT2D eigenvalue weighted by Gasteiger charge is 2.38. The van der Waals surface area contributed by atoms with E-state index in [-0.39, 0.29) is 0 Å². The Hall–Kier alpha value is -0.160. The fourth-order valence-electron chi connectivity index (χ4n) is 1.10. The van der Waals surface area contributed by atoms with E-state index in [0.717, 1.165) is 0 Å². The molecule has 0 spiro atoms. The summed E-state index contributed by atoms with van der Waals surface area (Å²) in [5, 5.41) is 30.3. The lowest BCUT2D eigenvalue weighted by Gasteiger charge is -2.37. The fraction of sp³-hybridized carbons (Fsp3) is 1.00. The third kappa shape index (κ3) is 1.29. The first kappa shape index (κ1) is 7.94. The van der Waals surface area contributed by atoms with Gasteiger partial charge in [-0.3, -0.25) is 0 Å². The van der Waals surface area contributed by atoms with E-state index in [4.69, 9.17) is 10.2 Å². The number of aliphatic hydroxyl groups excluding tert-OH is 2. The monoisotopic (exact) mass is 147 g/mol. The van der Waals surface area contributed by atoms with Gasteiger partial charge in [0.15, 0.2) is 0 Å². The van der Waals surface area contributed by atoms with Crippen LogP contribution in [0.2, 0.25) is 0 Å². The Balaban J connectivity index is 2.60. The van der Waals surface area contributed by atoms with Crippen LogP contribution in [0.25, 0.3) is 0 Å². The van der Waals surface area contributed by atoms with Crippen LogP contribution in [0.3, 0.4) is 0 Å². The van der Waals surface area contributed by atoms with Crippen LogP contribution in [0.4, 0.5) is 0 Å². The van der Waals surface area contributed by atoms with E-state index in [1.807, 2.05) is 0 Å². The Morgan fingerprint density at radius 1 is 1.50 bits per heavy atom. The minimum absolute atomic E-state index is 0.325. The van der Waals surface area contributed by atoms with Crippen molar-refractivity contribution in [2.24, 2.45) is 0 Å². The summed E-state index contributed by atoms with van der Waals surface area (Å²) < 4.78 is 0. The van der Waals surface area contributed by atoms with Crippen molar-refractivity contribution >= 4 is 0 Å². The van der Waals surface area contributed by atoms with Crippen molar-refractivity contribution in [3.63, 3.8) is 0 Å². The first-order valence-corrected chi connectivity index (χ1v) is 3.33. The van der Waals surface area contributed by atoms with Crippen LogP contribution in [0.15, 0.2) is 0 Å². The Labute approximate surface area is 59.5 Å². The molecule has 1 aliphatic heterocycles. The van der Waals surface area contributed by atoms with Crippen LogP contribution in [-0.4, -0.2) is 46.2 Å². The summed E-state index contributed by atoms with van der Waals surface area (Å²) in [7, 11) is 0. The zero-order chi connectivity index (χ0) is 7.78. The van der Waals surface area contributed by atoms with Gasteiger partial charge in [-0.1, -0.05) is 0 Å². The minimum atomic E-state index is -1.20. The maximum Gasteiger partial charge on any atom is 0.111 e. The Kier molecular flexibility index (Phi) is 1.96. The summed E-state index contributed by atoms with van der Waals surface area (Å²) in [5.74, 6) is 0. The summed E-state index contributed by atoms with van der Waals surface area (Å²) in [4.78, 5) is 0. The second kappa shape index (κ2) is 2.47. The standard InChI is InChI=1S/C6H13NO3/c1-6(10)3-7-2-4(8)5(6)9/h4-5,7-10H,2-3H2,1H3/t4-,5+,6+/m0/s1. The molecule has 0 aliphatic carbocycles. The first-order valence-electron chi connectivity index (χ1n) is 3.33. The van der Waals surface area contributed by atoms with Gasteiger partial charge >= 0.3 is 0 Å². The van der Waals surface area contributed by atoms with Crippen molar-refractivity contribution in [2.75, 3.05) is 13.1 Å². The molecule has 0 aromatic heterocycles. The van der Waals surface area contributed by atoms with Gasteiger partial charge in [-0.05, 0) is 6.92 Å². The topological polar surface area (TPSA) is 72.7 Å². The predicted octanol–water partition coefficient (Wildman–Crippen LogP) is -1.94. The van der Waals surface area contributed by atoms with E-state index in [2.05, 4.69) is 5.32 Å². The number of piperidine rings is 1. The molecule has 0 amide bonds. The smallest absolute Gasteiger partial charge is 0.111 e. The summed E-state index contributed by atoms with van der Waals surface area (Å²) in [5.41, 5.74) is -1.20. The predicted molar refractivity (Wildman–Crippen MR) is 35.5 cm³/mol. The Morgan fingerprint density at radius 3 is 2.50 bits per heavy atom. The molecule has 1 saturated heterocycles. The first-order chi connectivity index (χ1) is 4.54. The van der Waals surface area contributed by atoms with E-state index < -0.39 is 17.8 Å². The number of rotatable bonds is 0. The number of nitrogens with one attached hydrogen (secondary N) is 1. The molecule has 4 N–H and O–H groups in total. The minimum Gasteiger partial charge on any atom is -0.389 e. The number of hydrogen-bond donors (Lipinski definition) is 4. The molecule has 0 saturated carbocycles. The highest BCUT2D eigenvalue weighted by atomic mass is 16.4. The number of β-amino-alcohol motifs (C(OH)–C–C–N with tert-alkyl or cyclic N) is 2. The van der Waals surface area contributed by atoms with Crippen LogP contribution < -0.4 is 5.32 Å². The molecule has 1 heterocycles. The maximum absolute atomic E-state index is 9.34. The Morgan fingerprint density at radius 2 is 2.10 bits per heavy atom. The van der Waals surface area contributed by atoms with Crippen LogP contribution in [0, 0.1) is 0 Å². The highest BCUT2D eigenvalue weighted by molar-refractivity contribution is 4.93. The molecule has 0 aromatic rings. The molecule has 0 bridgehead atoms. The molecule has 3 atom stereocenters. The SMILES string of the molecule is C[C@@]1(O)CNC[C@H](O)[C@H]1O. The summed E-state index contributed by atoms with van der Waals surface area (Å²) in [6.07, 6.45) is -1.89. The van der Waals surface area contributed by atoms with Crippen LogP contribution >= 0.6 is 0 Å². The van der Waals surface area contributed by atoms with E-state index in [0.29, 0.717) is 13.1 Å². The van der Waals surface area contributed by atoms with E-state index in [1.165, 1.54) is 6.92 Å². The molecule has 4 heteroatoms. The largest absolute Gasteiger partial charge is 0.389 e. The molecule has 0 radical (unpaired) electrons. The molecule has 1 fully saturated rings. The van der Waals surface area contributed by atoms with Crippen molar-refractivity contribution in [3.05, 3.63) is 0 Å². The molecule has 1 rings (SSSR count). The molecule has 1 aliphatic rings. The number of aliphatic hydroxyl groups is 3. The second-order valence-electron chi connectivity index (χ2n) is 3.00. The van der Waals surface area contributed by atoms with Crippen molar-refractivity contribution in [1.82, 2.24) is 5.32 Å². The lowest BCUT2D eigenvalue weighted by atomic mass is 9.91. The number of hydrogen-bond acceptors (Lipinski definition) is 4. The fourth-order valence-corrected chi connectivity index (χ4v) is 1.10. The van der Waals surface area contributed by atoms with Gasteiger partial charge in [-0.25, -0.2) is 0 Å². The molecule has 0 aromatic carbocycles. The van der Waals surface area contributed by atoms with E-state index >= 15 is 0 Å². The molecule has 60 valence electrons. The molecule has 0 unspecified atom stereocenters. The lowest BCUT2D eigenvalue weighted by molar-refractivity contribution is -0.130. The highest BCUT2D eigenvalue weighted by Crippen LogP contribution is 2.15. The third-order valence-electron chi connectivity index (χ3n) is 1.84. The molecule has 10 heavy (non-hydrogen) atoms. The van der Waals surface area contributed by atoms with Gasteiger partial charge in [0.2, 0.25) is 0 Å². The molecule has 4 nitrogen and oxygen atoms in total. The maximum atomic E-state index is 9.34. The van der Waals surface area contributed by atoms with Crippen LogP contribution in [0.1, 0.15) is 6.92 Å². The van der Waals surface area contributed by atoms with Crippen molar-refractivity contribution < 1.29 is 15.3 Å². The van der Waals surface area contributed by atoms with Gasteiger partial charge in [-0.2, -0.15) is 0 Å². The lowest BCUT2D eigenvalue weighted by Crippen LogP contribution is -2.60. The zero-order valence-corrected chi connectivity index (χ0v) is 5.91. The average molecular weight is 147 g/mol. The van der Waals surface area contributed by atoms with Gasteiger partial charge in [0.05, 0.1) is 6.10 Å². The van der Waals surface area contributed by atoms with Crippen molar-refractivity contribution in [3.8, 4) is 0 Å². The molecular formula is C6H13NO3. The van der Waals surface area contributed by atoms with Crippen LogP contribution in [0.5, 0.6) is 0 Å². The third-order valence-corrected chi connectivity index (χ3v) is 1.84. The summed E-state index contributed by atoms with van der Waals surface area (Å²) in [6.45, 7) is 2.16. The average Bonchev–Trinajstić information content (AvgIpc) is 1.83. The van der Waals surface area contributed by atoms with Gasteiger partial charge in [0.1, 0.15) is 11.7 Å². The quantitative estimate of drug-likeness (QED) is 0.322.